The van der Waals surface area contributed by atoms with Gasteiger partial charge < -0.3 is 4.74 Å². The molecular weight excluding hydrogens is 471 g/mol. The molecule has 6 heteroatoms. The van der Waals surface area contributed by atoms with E-state index < -0.39 is 30.0 Å². The monoisotopic (exact) mass is 508 g/mol. The zero-order valence-electron chi connectivity index (χ0n) is 21.1. The van der Waals surface area contributed by atoms with E-state index in [1.807, 2.05) is 0 Å². The molecule has 2 saturated carbocycles. The van der Waals surface area contributed by atoms with E-state index in [4.69, 9.17) is 4.74 Å². The predicted molar refractivity (Wildman–Crippen MR) is 132 cm³/mol. The van der Waals surface area contributed by atoms with Crippen molar-refractivity contribution in [3.63, 3.8) is 0 Å². The lowest BCUT2D eigenvalue weighted by Gasteiger charge is -2.38. The Morgan fingerprint density at radius 1 is 0.722 bits per heavy atom. The van der Waals surface area contributed by atoms with Gasteiger partial charge in [-0.1, -0.05) is 51.5 Å². The molecule has 0 aliphatic heterocycles. The third kappa shape index (κ3) is 7.01. The standard InChI is InChI=1S/C30H37F5O/c1-2-3-20-4-8-22(9-5-20)23-10-6-21(7-11-23)16-17-30(34,35)36-25-13-14-26(28(32)19-25)24-12-15-27(31)29(33)18-24/h12-15,18-23H,2-11,16-17H2,1H3. The van der Waals surface area contributed by atoms with Crippen LogP contribution in [0, 0.1) is 41.1 Å². The fourth-order valence-corrected chi connectivity index (χ4v) is 6.36. The van der Waals surface area contributed by atoms with E-state index in [1.165, 1.54) is 56.7 Å². The van der Waals surface area contributed by atoms with Crippen molar-refractivity contribution >= 4 is 0 Å². The van der Waals surface area contributed by atoms with Gasteiger partial charge in [0.15, 0.2) is 11.6 Å². The van der Waals surface area contributed by atoms with Gasteiger partial charge in [-0.15, -0.1) is 0 Å². The Balaban J connectivity index is 1.24. The van der Waals surface area contributed by atoms with Crippen LogP contribution in [-0.4, -0.2) is 6.11 Å². The summed E-state index contributed by atoms with van der Waals surface area (Å²) in [5.74, 6) is -0.527. The number of ether oxygens (including phenoxy) is 1. The lowest BCUT2D eigenvalue weighted by molar-refractivity contribution is -0.183. The van der Waals surface area contributed by atoms with Crippen LogP contribution in [0.5, 0.6) is 5.75 Å². The first kappa shape index (κ1) is 26.9. The molecule has 0 heterocycles. The molecule has 0 N–H and O–H groups in total. The molecule has 2 fully saturated rings. The second-order valence-corrected chi connectivity index (χ2v) is 10.9. The minimum absolute atomic E-state index is 0.0137. The van der Waals surface area contributed by atoms with Crippen molar-refractivity contribution in [3.8, 4) is 16.9 Å². The minimum atomic E-state index is -3.40. The third-order valence-corrected chi connectivity index (χ3v) is 8.43. The Hall–Kier alpha value is -2.11. The molecule has 0 saturated heterocycles. The van der Waals surface area contributed by atoms with Gasteiger partial charge in [-0.25, -0.2) is 13.2 Å². The largest absolute Gasteiger partial charge is 0.432 e. The Kier molecular flexibility index (Phi) is 8.95. The van der Waals surface area contributed by atoms with Gasteiger partial charge >= 0.3 is 6.11 Å². The van der Waals surface area contributed by atoms with Gasteiger partial charge in [-0.2, -0.15) is 8.78 Å². The molecular formula is C30H37F5O. The first-order valence-corrected chi connectivity index (χ1v) is 13.6. The summed E-state index contributed by atoms with van der Waals surface area (Å²) in [6.07, 6.45) is 8.82. The van der Waals surface area contributed by atoms with Gasteiger partial charge in [0.2, 0.25) is 0 Å². The summed E-state index contributed by atoms with van der Waals surface area (Å²) in [5, 5.41) is 0. The molecule has 0 atom stereocenters. The zero-order chi connectivity index (χ0) is 25.7. The van der Waals surface area contributed by atoms with Crippen LogP contribution in [0.25, 0.3) is 11.1 Å². The molecule has 0 unspecified atom stereocenters. The molecule has 2 aromatic carbocycles. The summed E-state index contributed by atoms with van der Waals surface area (Å²) in [7, 11) is 0. The van der Waals surface area contributed by atoms with Gasteiger partial charge in [0.1, 0.15) is 11.6 Å². The summed E-state index contributed by atoms with van der Waals surface area (Å²) >= 11 is 0. The van der Waals surface area contributed by atoms with Crippen LogP contribution in [-0.2, 0) is 0 Å². The molecule has 36 heavy (non-hydrogen) atoms. The van der Waals surface area contributed by atoms with Gasteiger partial charge in [0.25, 0.3) is 0 Å². The zero-order valence-corrected chi connectivity index (χ0v) is 21.1. The SMILES string of the molecule is CCCC1CCC(C2CCC(CCC(F)(F)Oc3ccc(-c4ccc(F)c(F)c4)c(F)c3)CC2)CC1. The summed E-state index contributed by atoms with van der Waals surface area (Å²) in [4.78, 5) is 0. The van der Waals surface area contributed by atoms with Crippen molar-refractivity contribution in [2.24, 2.45) is 23.7 Å². The normalized spacial score (nSPS) is 25.1. The average molecular weight is 509 g/mol. The Morgan fingerprint density at radius 2 is 1.33 bits per heavy atom. The maximum absolute atomic E-state index is 14.5. The molecule has 0 bridgehead atoms. The van der Waals surface area contributed by atoms with Crippen molar-refractivity contribution in [1.29, 1.82) is 0 Å². The molecule has 198 valence electrons. The van der Waals surface area contributed by atoms with Crippen LogP contribution in [0.15, 0.2) is 36.4 Å². The smallest absolute Gasteiger partial charge is 0.397 e. The maximum Gasteiger partial charge on any atom is 0.397 e. The van der Waals surface area contributed by atoms with Crippen molar-refractivity contribution in [2.45, 2.75) is 90.1 Å². The van der Waals surface area contributed by atoms with E-state index >= 15 is 0 Å². The molecule has 2 aliphatic rings. The van der Waals surface area contributed by atoms with E-state index in [-0.39, 0.29) is 22.8 Å². The van der Waals surface area contributed by atoms with E-state index in [0.717, 1.165) is 61.6 Å². The number of halogens is 5. The molecule has 0 radical (unpaired) electrons. The highest BCUT2D eigenvalue weighted by atomic mass is 19.3. The molecule has 0 spiro atoms. The molecule has 2 aromatic rings. The highest BCUT2D eigenvalue weighted by molar-refractivity contribution is 5.65. The number of benzene rings is 2. The molecule has 0 aromatic heterocycles. The van der Waals surface area contributed by atoms with Crippen LogP contribution in [0.2, 0.25) is 0 Å². The van der Waals surface area contributed by atoms with Gasteiger partial charge in [-0.3, -0.25) is 0 Å². The molecule has 0 amide bonds. The van der Waals surface area contributed by atoms with E-state index in [9.17, 15) is 22.0 Å². The Morgan fingerprint density at radius 3 is 1.89 bits per heavy atom. The quantitative estimate of drug-likeness (QED) is 0.306. The number of alkyl halides is 2. The number of hydrogen-bond donors (Lipinski definition) is 0. The van der Waals surface area contributed by atoms with E-state index in [0.29, 0.717) is 6.42 Å². The van der Waals surface area contributed by atoms with Crippen LogP contribution >= 0.6 is 0 Å². The Bertz CT molecular complexity index is 991. The second-order valence-electron chi connectivity index (χ2n) is 10.9. The van der Waals surface area contributed by atoms with Crippen LogP contribution in [0.1, 0.15) is 84.0 Å². The van der Waals surface area contributed by atoms with Crippen molar-refractivity contribution in [1.82, 2.24) is 0 Å². The van der Waals surface area contributed by atoms with E-state index in [1.54, 1.807) is 0 Å². The second kappa shape index (κ2) is 12.0. The highest BCUT2D eigenvalue weighted by Crippen LogP contribution is 2.43. The van der Waals surface area contributed by atoms with Crippen molar-refractivity contribution in [3.05, 3.63) is 53.8 Å². The predicted octanol–water partition coefficient (Wildman–Crippen LogP) is 9.94. The number of hydrogen-bond acceptors (Lipinski definition) is 1. The molecule has 1 nitrogen and oxygen atoms in total. The molecule has 2 aliphatic carbocycles. The van der Waals surface area contributed by atoms with Gasteiger partial charge in [0, 0.05) is 11.6 Å². The highest BCUT2D eigenvalue weighted by Gasteiger charge is 2.35. The van der Waals surface area contributed by atoms with Crippen LogP contribution < -0.4 is 4.74 Å². The van der Waals surface area contributed by atoms with Crippen LogP contribution in [0.3, 0.4) is 0 Å². The maximum atomic E-state index is 14.5. The fourth-order valence-electron chi connectivity index (χ4n) is 6.36. The summed E-state index contributed by atoms with van der Waals surface area (Å²) < 4.78 is 75.1. The summed E-state index contributed by atoms with van der Waals surface area (Å²) in [5.41, 5.74) is 0.106. The topological polar surface area (TPSA) is 9.23 Å². The molecule has 4 rings (SSSR count). The lowest BCUT2D eigenvalue weighted by atomic mass is 9.68. The van der Waals surface area contributed by atoms with Crippen molar-refractivity contribution < 1.29 is 26.7 Å². The van der Waals surface area contributed by atoms with Gasteiger partial charge in [-0.05, 0) is 85.6 Å². The first-order valence-electron chi connectivity index (χ1n) is 13.6. The summed E-state index contributed by atoms with van der Waals surface area (Å²) in [6.45, 7) is 2.26. The van der Waals surface area contributed by atoms with Crippen molar-refractivity contribution in [2.75, 3.05) is 0 Å². The lowest BCUT2D eigenvalue weighted by Crippen LogP contribution is -2.28. The Labute approximate surface area is 211 Å². The van der Waals surface area contributed by atoms with Crippen LogP contribution in [0.4, 0.5) is 22.0 Å². The number of rotatable bonds is 9. The third-order valence-electron chi connectivity index (χ3n) is 8.43. The van der Waals surface area contributed by atoms with E-state index in [2.05, 4.69) is 6.92 Å². The average Bonchev–Trinajstić information content (AvgIpc) is 2.86. The minimum Gasteiger partial charge on any atom is -0.432 e. The van der Waals surface area contributed by atoms with Gasteiger partial charge in [0.05, 0.1) is 6.42 Å². The summed E-state index contributed by atoms with van der Waals surface area (Å²) in [6, 6.07) is 6.34. The first-order chi connectivity index (χ1) is 17.2. The fraction of sp³-hybridized carbons (Fsp3) is 0.600.